The monoisotopic (exact) mass is 450 g/mol. The number of piperidine rings is 1. The molecule has 30 heavy (non-hydrogen) atoms. The van der Waals surface area contributed by atoms with E-state index in [1.165, 1.54) is 19.3 Å². The van der Waals surface area contributed by atoms with Crippen molar-refractivity contribution in [3.63, 3.8) is 0 Å². The summed E-state index contributed by atoms with van der Waals surface area (Å²) in [7, 11) is 1.71. The first kappa shape index (κ1) is 21.5. The summed E-state index contributed by atoms with van der Waals surface area (Å²) in [6, 6.07) is 5.10. The first-order chi connectivity index (χ1) is 14.4. The van der Waals surface area contributed by atoms with E-state index in [4.69, 9.17) is 23.2 Å². The van der Waals surface area contributed by atoms with Crippen molar-refractivity contribution in [2.75, 3.05) is 33.2 Å². The van der Waals surface area contributed by atoms with Crippen LogP contribution >= 0.6 is 23.2 Å². The van der Waals surface area contributed by atoms with E-state index >= 15 is 0 Å². The van der Waals surface area contributed by atoms with Gasteiger partial charge in [0, 0.05) is 26.2 Å². The number of benzene rings is 1. The van der Waals surface area contributed by atoms with Gasteiger partial charge in [-0.1, -0.05) is 35.7 Å². The minimum atomic E-state index is -0.516. The van der Waals surface area contributed by atoms with Crippen LogP contribution in [-0.2, 0) is 4.79 Å². The Balaban J connectivity index is 1.48. The number of likely N-dealkylation sites (N-methyl/N-ethyl adjacent to an activating group) is 1. The standard InChI is InChI=1S/C22H28Cl2N4O2/c1-14-6-3-4-9-27(14)10-5-11-28-13-18-19(21(28)29)20(25-22(30)26(18)2)15-7-8-16(23)17(24)12-15/h7-8,12,14,20H,3-6,9-11,13H2,1-2H3,(H,25,30). The number of nitrogens with zero attached hydrogens (tertiary/aromatic N) is 3. The number of hydrogen-bond acceptors (Lipinski definition) is 3. The Hall–Kier alpha value is -1.76. The van der Waals surface area contributed by atoms with Crippen molar-refractivity contribution in [3.8, 4) is 0 Å². The molecule has 0 spiro atoms. The van der Waals surface area contributed by atoms with E-state index in [-0.39, 0.29) is 11.9 Å². The molecule has 8 heteroatoms. The van der Waals surface area contributed by atoms with Crippen LogP contribution in [0.15, 0.2) is 29.5 Å². The molecule has 3 amide bonds. The van der Waals surface area contributed by atoms with Crippen LogP contribution in [0.2, 0.25) is 10.0 Å². The van der Waals surface area contributed by atoms with Crippen LogP contribution in [0.25, 0.3) is 0 Å². The third kappa shape index (κ3) is 4.05. The molecule has 162 valence electrons. The van der Waals surface area contributed by atoms with Crippen molar-refractivity contribution in [2.24, 2.45) is 0 Å². The van der Waals surface area contributed by atoms with Gasteiger partial charge in [0.05, 0.1) is 33.9 Å². The average molecular weight is 451 g/mol. The molecule has 3 heterocycles. The zero-order chi connectivity index (χ0) is 21.4. The molecular weight excluding hydrogens is 423 g/mol. The maximum Gasteiger partial charge on any atom is 0.322 e. The Labute approximate surface area is 187 Å². The van der Waals surface area contributed by atoms with E-state index in [0.29, 0.717) is 34.7 Å². The molecule has 1 aromatic carbocycles. The maximum atomic E-state index is 13.3. The molecule has 1 aromatic rings. The zero-order valence-electron chi connectivity index (χ0n) is 17.5. The number of rotatable bonds is 5. The summed E-state index contributed by atoms with van der Waals surface area (Å²) in [4.78, 5) is 31.8. The van der Waals surface area contributed by atoms with Gasteiger partial charge < -0.3 is 15.1 Å². The second-order valence-corrected chi connectivity index (χ2v) is 9.25. The van der Waals surface area contributed by atoms with Gasteiger partial charge in [-0.05, 0) is 50.4 Å². The normalized spacial score (nSPS) is 25.1. The van der Waals surface area contributed by atoms with Gasteiger partial charge in [0.15, 0.2) is 0 Å². The van der Waals surface area contributed by atoms with Crippen molar-refractivity contribution < 1.29 is 9.59 Å². The van der Waals surface area contributed by atoms with Gasteiger partial charge in [0.25, 0.3) is 5.91 Å². The summed E-state index contributed by atoms with van der Waals surface area (Å²) < 4.78 is 0. The number of hydrogen-bond donors (Lipinski definition) is 1. The van der Waals surface area contributed by atoms with E-state index < -0.39 is 6.04 Å². The SMILES string of the molecule is CC1CCCCN1CCCN1CC2=C(C1=O)C(c1ccc(Cl)c(Cl)c1)NC(=O)N2C. The quantitative estimate of drug-likeness (QED) is 0.735. The lowest BCUT2D eigenvalue weighted by molar-refractivity contribution is -0.125. The van der Waals surface area contributed by atoms with E-state index in [9.17, 15) is 9.59 Å². The smallest absolute Gasteiger partial charge is 0.322 e. The van der Waals surface area contributed by atoms with Gasteiger partial charge in [-0.15, -0.1) is 0 Å². The molecule has 1 N–H and O–H groups in total. The highest BCUT2D eigenvalue weighted by molar-refractivity contribution is 6.42. The van der Waals surface area contributed by atoms with Gasteiger partial charge in [-0.25, -0.2) is 4.79 Å². The van der Waals surface area contributed by atoms with Crippen molar-refractivity contribution in [1.82, 2.24) is 20.0 Å². The predicted octanol–water partition coefficient (Wildman–Crippen LogP) is 4.05. The third-order valence-corrected chi connectivity index (χ3v) is 7.27. The van der Waals surface area contributed by atoms with Crippen LogP contribution in [0.1, 0.15) is 44.2 Å². The first-order valence-corrected chi connectivity index (χ1v) is 11.4. The number of carbonyl (C=O) groups is 2. The van der Waals surface area contributed by atoms with Crippen LogP contribution in [0.4, 0.5) is 4.79 Å². The molecule has 0 radical (unpaired) electrons. The van der Waals surface area contributed by atoms with E-state index in [0.717, 1.165) is 30.8 Å². The summed E-state index contributed by atoms with van der Waals surface area (Å²) in [6.45, 7) is 5.58. The summed E-state index contributed by atoms with van der Waals surface area (Å²) in [5.41, 5.74) is 2.16. The van der Waals surface area contributed by atoms with Crippen LogP contribution in [0.5, 0.6) is 0 Å². The number of likely N-dealkylation sites (tertiary alicyclic amines) is 1. The van der Waals surface area contributed by atoms with Crippen LogP contribution in [0.3, 0.4) is 0 Å². The van der Waals surface area contributed by atoms with E-state index in [1.54, 1.807) is 24.1 Å². The molecule has 3 aliphatic heterocycles. The second-order valence-electron chi connectivity index (χ2n) is 8.44. The van der Waals surface area contributed by atoms with E-state index in [2.05, 4.69) is 17.1 Å². The van der Waals surface area contributed by atoms with Crippen molar-refractivity contribution in [2.45, 2.75) is 44.7 Å². The maximum absolute atomic E-state index is 13.3. The molecule has 0 saturated carbocycles. The molecule has 2 unspecified atom stereocenters. The Morgan fingerprint density at radius 3 is 2.67 bits per heavy atom. The number of halogens is 2. The Kier molecular flexibility index (Phi) is 6.28. The summed E-state index contributed by atoms with van der Waals surface area (Å²) in [5.74, 6) is -0.0142. The second kappa shape index (κ2) is 8.77. The van der Waals surface area contributed by atoms with Gasteiger partial charge >= 0.3 is 6.03 Å². The van der Waals surface area contributed by atoms with Crippen LogP contribution in [0, 0.1) is 0 Å². The summed E-state index contributed by atoms with van der Waals surface area (Å²) in [6.07, 6.45) is 4.75. The lowest BCUT2D eigenvalue weighted by Crippen LogP contribution is -2.45. The fraction of sp³-hybridized carbons (Fsp3) is 0.545. The Morgan fingerprint density at radius 2 is 1.93 bits per heavy atom. The van der Waals surface area contributed by atoms with Crippen molar-refractivity contribution >= 4 is 35.1 Å². The minimum Gasteiger partial charge on any atom is -0.333 e. The molecule has 3 aliphatic rings. The number of nitrogens with one attached hydrogen (secondary N) is 1. The molecule has 1 saturated heterocycles. The topological polar surface area (TPSA) is 55.9 Å². The number of urea groups is 1. The Bertz CT molecular complexity index is 888. The largest absolute Gasteiger partial charge is 0.333 e. The van der Waals surface area contributed by atoms with Gasteiger partial charge in [-0.2, -0.15) is 0 Å². The lowest BCUT2D eigenvalue weighted by atomic mass is 9.96. The van der Waals surface area contributed by atoms with Crippen LogP contribution < -0.4 is 5.32 Å². The lowest BCUT2D eigenvalue weighted by Gasteiger charge is -2.33. The zero-order valence-corrected chi connectivity index (χ0v) is 19.0. The fourth-order valence-corrected chi connectivity index (χ4v) is 5.01. The van der Waals surface area contributed by atoms with Crippen molar-refractivity contribution in [3.05, 3.63) is 45.1 Å². The molecule has 0 aromatic heterocycles. The molecule has 2 atom stereocenters. The summed E-state index contributed by atoms with van der Waals surface area (Å²) in [5, 5.41) is 3.79. The molecule has 0 bridgehead atoms. The molecule has 0 aliphatic carbocycles. The van der Waals surface area contributed by atoms with E-state index in [1.807, 2.05) is 11.0 Å². The highest BCUT2D eigenvalue weighted by Gasteiger charge is 2.42. The van der Waals surface area contributed by atoms with Crippen molar-refractivity contribution in [1.29, 1.82) is 0 Å². The number of carbonyl (C=O) groups excluding carboxylic acids is 2. The Morgan fingerprint density at radius 1 is 1.13 bits per heavy atom. The average Bonchev–Trinajstić information content (AvgIpc) is 3.05. The minimum absolute atomic E-state index is 0.0142. The van der Waals surface area contributed by atoms with Gasteiger partial charge in [0.2, 0.25) is 0 Å². The molecule has 4 rings (SSSR count). The summed E-state index contributed by atoms with van der Waals surface area (Å²) >= 11 is 12.2. The third-order valence-electron chi connectivity index (χ3n) is 6.53. The molecular formula is C22H28Cl2N4O2. The number of amides is 3. The van der Waals surface area contributed by atoms with Gasteiger partial charge in [-0.3, -0.25) is 9.69 Å². The van der Waals surface area contributed by atoms with Crippen LogP contribution in [-0.4, -0.2) is 65.9 Å². The van der Waals surface area contributed by atoms with Gasteiger partial charge in [0.1, 0.15) is 0 Å². The highest BCUT2D eigenvalue weighted by atomic mass is 35.5. The highest BCUT2D eigenvalue weighted by Crippen LogP contribution is 2.37. The predicted molar refractivity (Wildman–Crippen MR) is 119 cm³/mol. The first-order valence-electron chi connectivity index (χ1n) is 10.6. The fourth-order valence-electron chi connectivity index (χ4n) is 4.70. The molecule has 6 nitrogen and oxygen atoms in total. The molecule has 1 fully saturated rings.